The van der Waals surface area contributed by atoms with Gasteiger partial charge in [-0.1, -0.05) is 30.3 Å². The summed E-state index contributed by atoms with van der Waals surface area (Å²) >= 11 is 0. The number of hydrogen-bond acceptors (Lipinski definition) is 6. The summed E-state index contributed by atoms with van der Waals surface area (Å²) in [6, 6.07) is 6.40. The first-order valence-corrected chi connectivity index (χ1v) is 6.06. The highest BCUT2D eigenvalue weighted by atomic mass is 16.7. The topological polar surface area (TPSA) is 122 Å². The Labute approximate surface area is 116 Å². The van der Waals surface area contributed by atoms with E-state index in [2.05, 4.69) is 5.48 Å². The molecule has 110 valence electrons. The van der Waals surface area contributed by atoms with Crippen LogP contribution in [0.4, 0.5) is 0 Å². The molecule has 0 amide bonds. The first-order chi connectivity index (χ1) is 9.47. The maximum Gasteiger partial charge on any atom is 0.339 e. The molecule has 5 N–H and O–H groups in total. The predicted octanol–water partition coefficient (Wildman–Crippen LogP) is -0.389. The number of benzene rings is 1. The number of nitrogens with one attached hydrogen (secondary N) is 1. The Morgan fingerprint density at radius 2 is 1.95 bits per heavy atom. The third-order valence-corrected chi connectivity index (χ3v) is 2.63. The summed E-state index contributed by atoms with van der Waals surface area (Å²) in [6.07, 6.45) is -1.29. The van der Waals surface area contributed by atoms with Gasteiger partial charge in [0.25, 0.3) is 0 Å². The van der Waals surface area contributed by atoms with E-state index >= 15 is 0 Å². The second-order valence-electron chi connectivity index (χ2n) is 4.29. The van der Waals surface area contributed by atoms with E-state index in [-0.39, 0.29) is 0 Å². The first kappa shape index (κ1) is 16.3. The zero-order chi connectivity index (χ0) is 15.1. The molecule has 1 aromatic rings. The number of carboxylic acid groups (broad SMARTS) is 1. The van der Waals surface area contributed by atoms with Gasteiger partial charge >= 0.3 is 5.97 Å². The van der Waals surface area contributed by atoms with Gasteiger partial charge in [-0.2, -0.15) is 5.48 Å². The van der Waals surface area contributed by atoms with Gasteiger partial charge in [0.05, 0.1) is 12.6 Å². The molecule has 0 aliphatic rings. The Morgan fingerprint density at radius 3 is 2.40 bits per heavy atom. The zero-order valence-electron chi connectivity index (χ0n) is 11.0. The van der Waals surface area contributed by atoms with Gasteiger partial charge < -0.3 is 15.9 Å². The molecule has 3 atom stereocenters. The average molecular weight is 282 g/mol. The van der Waals surface area contributed by atoms with Crippen molar-refractivity contribution in [3.05, 3.63) is 35.9 Å². The summed E-state index contributed by atoms with van der Waals surface area (Å²) in [4.78, 5) is 27.8. The Kier molecular flexibility index (Phi) is 6.26. The summed E-state index contributed by atoms with van der Waals surface area (Å²) in [5, 5.41) is 18.2. The van der Waals surface area contributed by atoms with Crippen LogP contribution >= 0.6 is 0 Å². The number of nitrogens with two attached hydrogens (primary N) is 1. The van der Waals surface area contributed by atoms with Gasteiger partial charge in [-0.05, 0) is 12.5 Å². The SMILES string of the molecule is C[C@H](N)C(=O)C(CO)NOC(C(=O)O)c1ccccc1. The molecular formula is C13H18N2O5. The molecule has 0 aliphatic heterocycles. The summed E-state index contributed by atoms with van der Waals surface area (Å²) in [6.45, 7) is 0.931. The fourth-order valence-corrected chi connectivity index (χ4v) is 1.54. The Bertz CT molecular complexity index is 449. The molecule has 7 nitrogen and oxygen atoms in total. The second-order valence-corrected chi connectivity index (χ2v) is 4.29. The van der Waals surface area contributed by atoms with Gasteiger partial charge in [-0.15, -0.1) is 0 Å². The normalized spacial score (nSPS) is 15.3. The van der Waals surface area contributed by atoms with Crippen molar-refractivity contribution in [2.75, 3.05) is 6.61 Å². The number of hydrogen-bond donors (Lipinski definition) is 4. The van der Waals surface area contributed by atoms with Gasteiger partial charge in [0.1, 0.15) is 6.04 Å². The van der Waals surface area contributed by atoms with Gasteiger partial charge in [0, 0.05) is 0 Å². The van der Waals surface area contributed by atoms with Gasteiger partial charge in [0.15, 0.2) is 5.78 Å². The van der Waals surface area contributed by atoms with Gasteiger partial charge in [0.2, 0.25) is 6.10 Å². The van der Waals surface area contributed by atoms with Gasteiger partial charge in [-0.25, -0.2) is 4.79 Å². The standard InChI is InChI=1S/C13H18N2O5/c1-8(14)11(17)10(7-16)15-20-12(13(18)19)9-5-3-2-4-6-9/h2-6,8,10,12,15-16H,7,14H2,1H3,(H,18,19)/t8-,10?,12?/m0/s1. The number of aliphatic carboxylic acids is 1. The van der Waals surface area contributed by atoms with Crippen molar-refractivity contribution in [3.63, 3.8) is 0 Å². The van der Waals surface area contributed by atoms with Crippen LogP contribution in [0.2, 0.25) is 0 Å². The summed E-state index contributed by atoms with van der Waals surface area (Å²) in [5.41, 5.74) is 8.10. The number of aliphatic hydroxyl groups is 1. The maximum absolute atomic E-state index is 11.6. The molecule has 0 aromatic heterocycles. The smallest absolute Gasteiger partial charge is 0.339 e. The third-order valence-electron chi connectivity index (χ3n) is 2.63. The number of ketones is 1. The van der Waals surface area contributed by atoms with Crippen molar-refractivity contribution in [3.8, 4) is 0 Å². The highest BCUT2D eigenvalue weighted by molar-refractivity contribution is 5.88. The quantitative estimate of drug-likeness (QED) is 0.479. The fourth-order valence-electron chi connectivity index (χ4n) is 1.54. The number of rotatable bonds is 8. The van der Waals surface area contributed by atoms with E-state index in [1.807, 2.05) is 0 Å². The number of carboxylic acids is 1. The maximum atomic E-state index is 11.6. The molecule has 0 spiro atoms. The third kappa shape index (κ3) is 4.39. The molecule has 0 fully saturated rings. The summed E-state index contributed by atoms with van der Waals surface area (Å²) in [5.74, 6) is -1.68. The number of hydroxylamine groups is 1. The van der Waals surface area contributed by atoms with Crippen molar-refractivity contribution < 1.29 is 24.6 Å². The molecule has 0 radical (unpaired) electrons. The lowest BCUT2D eigenvalue weighted by molar-refractivity contribution is -0.161. The first-order valence-electron chi connectivity index (χ1n) is 6.06. The monoisotopic (exact) mass is 282 g/mol. The molecule has 0 aliphatic carbocycles. The van der Waals surface area contributed by atoms with Crippen LogP contribution in [0, 0.1) is 0 Å². The molecule has 0 bridgehead atoms. The van der Waals surface area contributed by atoms with Crippen molar-refractivity contribution in [2.24, 2.45) is 5.73 Å². The van der Waals surface area contributed by atoms with Crippen molar-refractivity contribution >= 4 is 11.8 Å². The minimum absolute atomic E-state index is 0.414. The number of carbonyl (C=O) groups excluding carboxylic acids is 1. The van der Waals surface area contributed by atoms with Crippen LogP contribution in [0.25, 0.3) is 0 Å². The summed E-state index contributed by atoms with van der Waals surface area (Å²) in [7, 11) is 0. The van der Waals surface area contributed by atoms with E-state index in [1.54, 1.807) is 30.3 Å². The van der Waals surface area contributed by atoms with Crippen LogP contribution in [0.5, 0.6) is 0 Å². The molecule has 0 saturated heterocycles. The van der Waals surface area contributed by atoms with Crippen molar-refractivity contribution in [1.29, 1.82) is 0 Å². The van der Waals surface area contributed by atoms with Crippen LogP contribution in [-0.2, 0) is 14.4 Å². The summed E-state index contributed by atoms with van der Waals surface area (Å²) < 4.78 is 0. The van der Waals surface area contributed by atoms with Crippen LogP contribution in [-0.4, -0.2) is 40.7 Å². The molecule has 20 heavy (non-hydrogen) atoms. The predicted molar refractivity (Wildman–Crippen MR) is 70.6 cm³/mol. The number of carbonyl (C=O) groups is 2. The molecular weight excluding hydrogens is 264 g/mol. The minimum atomic E-state index is -1.29. The molecule has 1 rings (SSSR count). The van der Waals surface area contributed by atoms with E-state index < -0.39 is 36.5 Å². The van der Waals surface area contributed by atoms with Crippen molar-refractivity contribution in [1.82, 2.24) is 5.48 Å². The molecule has 1 aromatic carbocycles. The molecule has 2 unspecified atom stereocenters. The number of Topliss-reactive ketones (excluding diaryl/α,β-unsaturated/α-hetero) is 1. The molecule has 0 saturated carbocycles. The van der Waals surface area contributed by atoms with Crippen LogP contribution < -0.4 is 11.2 Å². The van der Waals surface area contributed by atoms with E-state index in [4.69, 9.17) is 20.8 Å². The Hall–Kier alpha value is -1.80. The lowest BCUT2D eigenvalue weighted by atomic mass is 10.1. The fraction of sp³-hybridized carbons (Fsp3) is 0.385. The van der Waals surface area contributed by atoms with Crippen LogP contribution in [0.3, 0.4) is 0 Å². The van der Waals surface area contributed by atoms with Crippen LogP contribution in [0.1, 0.15) is 18.6 Å². The number of aliphatic hydroxyl groups excluding tert-OH is 1. The lowest BCUT2D eigenvalue weighted by Gasteiger charge is -2.20. The van der Waals surface area contributed by atoms with Gasteiger partial charge in [-0.3, -0.25) is 9.63 Å². The molecule has 7 heteroatoms. The van der Waals surface area contributed by atoms with E-state index in [0.29, 0.717) is 5.56 Å². The zero-order valence-corrected chi connectivity index (χ0v) is 11.0. The largest absolute Gasteiger partial charge is 0.479 e. The molecule has 0 heterocycles. The highest BCUT2D eigenvalue weighted by Gasteiger charge is 2.26. The lowest BCUT2D eigenvalue weighted by Crippen LogP contribution is -2.47. The van der Waals surface area contributed by atoms with E-state index in [0.717, 1.165) is 0 Å². The van der Waals surface area contributed by atoms with Crippen molar-refractivity contribution in [2.45, 2.75) is 25.1 Å². The van der Waals surface area contributed by atoms with E-state index in [9.17, 15) is 9.59 Å². The van der Waals surface area contributed by atoms with E-state index in [1.165, 1.54) is 6.92 Å². The highest BCUT2D eigenvalue weighted by Crippen LogP contribution is 2.16. The Balaban J connectivity index is 2.73. The minimum Gasteiger partial charge on any atom is -0.479 e. The van der Waals surface area contributed by atoms with Crippen LogP contribution in [0.15, 0.2) is 30.3 Å². The average Bonchev–Trinajstić information content (AvgIpc) is 2.43. The second kappa shape index (κ2) is 7.71. The Morgan fingerprint density at radius 1 is 1.35 bits per heavy atom.